The summed E-state index contributed by atoms with van der Waals surface area (Å²) in [5, 5.41) is 8.74. The highest BCUT2D eigenvalue weighted by Crippen LogP contribution is 2.22. The number of hydrogen-bond donors (Lipinski definition) is 3. The zero-order chi connectivity index (χ0) is 19.2. The van der Waals surface area contributed by atoms with E-state index in [1.807, 2.05) is 41.2 Å². The molecule has 1 heterocycles. The number of hydrogen-bond acceptors (Lipinski definition) is 4. The second kappa shape index (κ2) is 8.41. The standard InChI is InChI=1S/C19H19N5O2S/c1-20-18(26)23-14-10-8-13(9-11-14)22-17(25)16-12-21-19(27-2)24(16)15-6-4-3-5-7-15/h3-12H,1-2H3,(H,22,25)(H2,20,23,26). The summed E-state index contributed by atoms with van der Waals surface area (Å²) in [5.41, 5.74) is 2.56. The first-order valence-electron chi connectivity index (χ1n) is 8.19. The zero-order valence-corrected chi connectivity index (χ0v) is 15.7. The molecule has 1 aromatic heterocycles. The summed E-state index contributed by atoms with van der Waals surface area (Å²) in [5.74, 6) is -0.265. The molecule has 0 unspecified atom stereocenters. The lowest BCUT2D eigenvalue weighted by Crippen LogP contribution is -2.24. The van der Waals surface area contributed by atoms with Gasteiger partial charge in [-0.25, -0.2) is 9.78 Å². The Hall–Kier alpha value is -3.26. The monoisotopic (exact) mass is 381 g/mol. The number of urea groups is 1. The first kappa shape index (κ1) is 18.5. The van der Waals surface area contributed by atoms with E-state index in [0.717, 1.165) is 10.8 Å². The van der Waals surface area contributed by atoms with Crippen LogP contribution >= 0.6 is 11.8 Å². The second-order valence-corrected chi connectivity index (χ2v) is 6.31. The Morgan fingerprint density at radius 1 is 0.963 bits per heavy atom. The molecule has 0 bridgehead atoms. The van der Waals surface area contributed by atoms with E-state index in [-0.39, 0.29) is 11.9 Å². The van der Waals surface area contributed by atoms with Gasteiger partial charge >= 0.3 is 6.03 Å². The van der Waals surface area contributed by atoms with Gasteiger partial charge in [-0.2, -0.15) is 0 Å². The predicted octanol–water partition coefficient (Wildman–Crippen LogP) is 3.60. The van der Waals surface area contributed by atoms with E-state index in [4.69, 9.17) is 0 Å². The van der Waals surface area contributed by atoms with E-state index in [1.165, 1.54) is 11.8 Å². The van der Waals surface area contributed by atoms with E-state index >= 15 is 0 Å². The van der Waals surface area contributed by atoms with Crippen LogP contribution in [0.15, 0.2) is 66.0 Å². The van der Waals surface area contributed by atoms with Crippen LogP contribution in [0.2, 0.25) is 0 Å². The van der Waals surface area contributed by atoms with Crippen molar-refractivity contribution >= 4 is 35.1 Å². The molecule has 3 rings (SSSR count). The lowest BCUT2D eigenvalue weighted by atomic mass is 10.2. The molecule has 0 radical (unpaired) electrons. The van der Waals surface area contributed by atoms with Gasteiger partial charge in [-0.1, -0.05) is 30.0 Å². The predicted molar refractivity (Wildman–Crippen MR) is 108 cm³/mol. The molecular formula is C19H19N5O2S. The Labute approximate surface area is 161 Å². The van der Waals surface area contributed by atoms with Crippen LogP contribution in [0.1, 0.15) is 10.5 Å². The fourth-order valence-corrected chi connectivity index (χ4v) is 3.04. The number of imidazole rings is 1. The summed E-state index contributed by atoms with van der Waals surface area (Å²) >= 11 is 1.47. The third-order valence-electron chi connectivity index (χ3n) is 3.79. The van der Waals surface area contributed by atoms with Crippen molar-refractivity contribution in [2.45, 2.75) is 5.16 Å². The molecule has 3 amide bonds. The third-order valence-corrected chi connectivity index (χ3v) is 4.44. The molecule has 2 aromatic carbocycles. The van der Waals surface area contributed by atoms with Crippen LogP contribution in [0.4, 0.5) is 16.2 Å². The van der Waals surface area contributed by atoms with Crippen LogP contribution in [0.3, 0.4) is 0 Å². The Balaban J connectivity index is 1.81. The zero-order valence-electron chi connectivity index (χ0n) is 14.9. The number of aromatic nitrogens is 2. The van der Waals surface area contributed by atoms with E-state index in [1.54, 1.807) is 37.5 Å². The maximum Gasteiger partial charge on any atom is 0.318 e. The van der Waals surface area contributed by atoms with E-state index in [2.05, 4.69) is 20.9 Å². The lowest BCUT2D eigenvalue weighted by molar-refractivity contribution is 0.102. The number of nitrogens with zero attached hydrogens (tertiary/aromatic N) is 2. The molecule has 0 aliphatic carbocycles. The second-order valence-electron chi connectivity index (χ2n) is 5.54. The van der Waals surface area contributed by atoms with Crippen molar-refractivity contribution in [2.75, 3.05) is 23.9 Å². The van der Waals surface area contributed by atoms with Crippen LogP contribution in [0.5, 0.6) is 0 Å². The molecule has 7 nitrogen and oxygen atoms in total. The number of para-hydroxylation sites is 1. The summed E-state index contributed by atoms with van der Waals surface area (Å²) < 4.78 is 1.82. The summed E-state index contributed by atoms with van der Waals surface area (Å²) in [6.07, 6.45) is 3.48. The number of anilines is 2. The van der Waals surface area contributed by atoms with Gasteiger partial charge in [0.05, 0.1) is 6.20 Å². The van der Waals surface area contributed by atoms with Crippen LogP contribution < -0.4 is 16.0 Å². The summed E-state index contributed by atoms with van der Waals surface area (Å²) in [4.78, 5) is 28.5. The normalized spacial score (nSPS) is 10.3. The van der Waals surface area contributed by atoms with Gasteiger partial charge in [0.15, 0.2) is 5.16 Å². The van der Waals surface area contributed by atoms with Crippen molar-refractivity contribution in [3.8, 4) is 5.69 Å². The first-order valence-corrected chi connectivity index (χ1v) is 9.42. The Bertz CT molecular complexity index is 938. The molecule has 0 saturated heterocycles. The van der Waals surface area contributed by atoms with Gasteiger partial charge in [-0.15, -0.1) is 0 Å². The van der Waals surface area contributed by atoms with Gasteiger partial charge < -0.3 is 16.0 Å². The summed E-state index contributed by atoms with van der Waals surface area (Å²) in [6.45, 7) is 0. The molecule has 0 spiro atoms. The van der Waals surface area contributed by atoms with Crippen LogP contribution in [-0.4, -0.2) is 34.8 Å². The maximum absolute atomic E-state index is 12.8. The van der Waals surface area contributed by atoms with Crippen LogP contribution in [0.25, 0.3) is 5.69 Å². The van der Waals surface area contributed by atoms with Crippen molar-refractivity contribution in [1.82, 2.24) is 14.9 Å². The largest absolute Gasteiger partial charge is 0.341 e. The number of thioether (sulfide) groups is 1. The molecule has 0 saturated carbocycles. The quantitative estimate of drug-likeness (QED) is 0.589. The van der Waals surface area contributed by atoms with E-state index in [9.17, 15) is 9.59 Å². The van der Waals surface area contributed by atoms with E-state index in [0.29, 0.717) is 17.1 Å². The van der Waals surface area contributed by atoms with Gasteiger partial charge in [-0.05, 0) is 42.7 Å². The molecule has 0 atom stereocenters. The highest BCUT2D eigenvalue weighted by molar-refractivity contribution is 7.98. The topological polar surface area (TPSA) is 88.1 Å². The van der Waals surface area contributed by atoms with Gasteiger partial charge in [0, 0.05) is 24.1 Å². The number of rotatable bonds is 5. The van der Waals surface area contributed by atoms with Crippen LogP contribution in [-0.2, 0) is 0 Å². The van der Waals surface area contributed by atoms with Gasteiger partial charge in [0.25, 0.3) is 5.91 Å². The minimum atomic E-state index is -0.303. The van der Waals surface area contributed by atoms with Crippen molar-refractivity contribution < 1.29 is 9.59 Å². The molecule has 0 aliphatic rings. The lowest BCUT2D eigenvalue weighted by Gasteiger charge is -2.11. The molecule has 8 heteroatoms. The molecule has 0 fully saturated rings. The maximum atomic E-state index is 12.8. The fourth-order valence-electron chi connectivity index (χ4n) is 2.49. The van der Waals surface area contributed by atoms with E-state index < -0.39 is 0 Å². The van der Waals surface area contributed by atoms with Crippen molar-refractivity contribution in [3.63, 3.8) is 0 Å². The van der Waals surface area contributed by atoms with Crippen LogP contribution in [0, 0.1) is 0 Å². The molecule has 138 valence electrons. The number of amides is 3. The fraction of sp³-hybridized carbons (Fsp3) is 0.105. The number of benzene rings is 2. The highest BCUT2D eigenvalue weighted by atomic mass is 32.2. The van der Waals surface area contributed by atoms with Gasteiger partial charge in [0.1, 0.15) is 5.69 Å². The Morgan fingerprint density at radius 3 is 2.19 bits per heavy atom. The van der Waals surface area contributed by atoms with Crippen molar-refractivity contribution in [2.24, 2.45) is 0 Å². The smallest absolute Gasteiger partial charge is 0.318 e. The number of nitrogens with one attached hydrogen (secondary N) is 3. The Morgan fingerprint density at radius 2 is 1.59 bits per heavy atom. The number of carbonyl (C=O) groups excluding carboxylic acids is 2. The summed E-state index contributed by atoms with van der Waals surface area (Å²) in [7, 11) is 1.54. The summed E-state index contributed by atoms with van der Waals surface area (Å²) in [6, 6.07) is 16.2. The average molecular weight is 381 g/mol. The first-order chi connectivity index (χ1) is 13.1. The molecule has 3 aromatic rings. The Kier molecular flexibility index (Phi) is 5.77. The molecule has 3 N–H and O–H groups in total. The highest BCUT2D eigenvalue weighted by Gasteiger charge is 2.17. The minimum Gasteiger partial charge on any atom is -0.341 e. The third kappa shape index (κ3) is 4.29. The van der Waals surface area contributed by atoms with Gasteiger partial charge in [-0.3, -0.25) is 9.36 Å². The van der Waals surface area contributed by atoms with Gasteiger partial charge in [0.2, 0.25) is 0 Å². The molecule has 0 aliphatic heterocycles. The van der Waals surface area contributed by atoms with Crippen molar-refractivity contribution in [1.29, 1.82) is 0 Å². The van der Waals surface area contributed by atoms with Crippen molar-refractivity contribution in [3.05, 3.63) is 66.5 Å². The minimum absolute atomic E-state index is 0.265. The molecular weight excluding hydrogens is 362 g/mol. The number of carbonyl (C=O) groups is 2. The SMILES string of the molecule is CNC(=O)Nc1ccc(NC(=O)c2cnc(SC)n2-c2ccccc2)cc1. The molecule has 27 heavy (non-hydrogen) atoms. The average Bonchev–Trinajstić information content (AvgIpc) is 3.14.